The summed E-state index contributed by atoms with van der Waals surface area (Å²) in [6.07, 6.45) is 8.80. The molecular weight excluding hydrogens is 276 g/mol. The van der Waals surface area contributed by atoms with E-state index in [2.05, 4.69) is 10.2 Å². The van der Waals surface area contributed by atoms with Gasteiger partial charge in [-0.05, 0) is 76.8 Å². The Kier molecular flexibility index (Phi) is 4.86. The minimum atomic E-state index is 0.253. The minimum absolute atomic E-state index is 0.253. The number of nitrogens with one attached hydrogen (secondary N) is 1. The highest BCUT2D eigenvalue weighted by Crippen LogP contribution is 2.46. The number of nitrogens with zero attached hydrogens (tertiary/aromatic N) is 1. The molecule has 4 heteroatoms. The molecule has 1 spiro atoms. The predicted octanol–water partition coefficient (Wildman–Crippen LogP) is 2.37. The van der Waals surface area contributed by atoms with Gasteiger partial charge in [-0.2, -0.15) is 0 Å². The summed E-state index contributed by atoms with van der Waals surface area (Å²) in [5.74, 6) is 1.32. The Bertz CT molecular complexity index is 411. The van der Waals surface area contributed by atoms with Crippen molar-refractivity contribution in [1.29, 1.82) is 0 Å². The SMILES string of the molecule is CC(=O)C1CCC2(CC1)CCN(C(=O)C1CCNCC1)CC2. The summed E-state index contributed by atoms with van der Waals surface area (Å²) < 4.78 is 0. The Hall–Kier alpha value is -0.900. The molecule has 1 N–H and O–H groups in total. The Balaban J connectivity index is 1.50. The first kappa shape index (κ1) is 16.0. The third-order valence-electron chi connectivity index (χ3n) is 6.45. The van der Waals surface area contributed by atoms with E-state index in [0.717, 1.165) is 64.7 Å². The molecule has 3 fully saturated rings. The smallest absolute Gasteiger partial charge is 0.225 e. The highest BCUT2D eigenvalue weighted by molar-refractivity contribution is 5.79. The maximum Gasteiger partial charge on any atom is 0.225 e. The summed E-state index contributed by atoms with van der Waals surface area (Å²) in [5, 5.41) is 3.33. The van der Waals surface area contributed by atoms with Crippen molar-refractivity contribution in [3.8, 4) is 0 Å². The lowest BCUT2D eigenvalue weighted by molar-refractivity contribution is -0.139. The molecule has 1 amide bonds. The third-order valence-corrected chi connectivity index (χ3v) is 6.45. The Labute approximate surface area is 134 Å². The van der Waals surface area contributed by atoms with Crippen molar-refractivity contribution in [3.05, 3.63) is 0 Å². The van der Waals surface area contributed by atoms with Crippen molar-refractivity contribution in [3.63, 3.8) is 0 Å². The van der Waals surface area contributed by atoms with E-state index >= 15 is 0 Å². The van der Waals surface area contributed by atoms with E-state index in [1.54, 1.807) is 6.92 Å². The number of hydrogen-bond acceptors (Lipinski definition) is 3. The number of carbonyl (C=O) groups is 2. The quantitative estimate of drug-likeness (QED) is 0.852. The van der Waals surface area contributed by atoms with Gasteiger partial charge in [0.25, 0.3) is 0 Å². The number of rotatable bonds is 2. The fourth-order valence-corrected chi connectivity index (χ4v) is 4.67. The van der Waals surface area contributed by atoms with Gasteiger partial charge in [-0.15, -0.1) is 0 Å². The molecule has 0 aromatic heterocycles. The van der Waals surface area contributed by atoms with Gasteiger partial charge < -0.3 is 10.2 Å². The van der Waals surface area contributed by atoms with Crippen LogP contribution in [0.4, 0.5) is 0 Å². The highest BCUT2D eigenvalue weighted by atomic mass is 16.2. The van der Waals surface area contributed by atoms with Crippen LogP contribution in [0.2, 0.25) is 0 Å². The first-order chi connectivity index (χ1) is 10.6. The Morgan fingerprint density at radius 1 is 0.909 bits per heavy atom. The van der Waals surface area contributed by atoms with Crippen LogP contribution in [0.5, 0.6) is 0 Å². The van der Waals surface area contributed by atoms with Crippen molar-refractivity contribution in [2.45, 2.75) is 58.3 Å². The highest BCUT2D eigenvalue weighted by Gasteiger charge is 2.40. The summed E-state index contributed by atoms with van der Waals surface area (Å²) in [5.41, 5.74) is 0.427. The van der Waals surface area contributed by atoms with Crippen molar-refractivity contribution in [2.24, 2.45) is 17.3 Å². The average Bonchev–Trinajstić information content (AvgIpc) is 2.56. The molecule has 0 aromatic rings. The second-order valence-corrected chi connectivity index (χ2v) is 7.73. The van der Waals surface area contributed by atoms with Gasteiger partial charge in [0.1, 0.15) is 5.78 Å². The van der Waals surface area contributed by atoms with Crippen LogP contribution < -0.4 is 5.32 Å². The molecule has 2 aliphatic heterocycles. The lowest BCUT2D eigenvalue weighted by Crippen LogP contribution is -2.48. The lowest BCUT2D eigenvalue weighted by Gasteiger charge is -2.46. The predicted molar refractivity (Wildman–Crippen MR) is 86.5 cm³/mol. The second-order valence-electron chi connectivity index (χ2n) is 7.73. The Morgan fingerprint density at radius 2 is 1.50 bits per heavy atom. The number of carbonyl (C=O) groups excluding carboxylic acids is 2. The largest absolute Gasteiger partial charge is 0.342 e. The molecule has 0 unspecified atom stereocenters. The fraction of sp³-hybridized carbons (Fsp3) is 0.889. The summed E-state index contributed by atoms with van der Waals surface area (Å²) in [7, 11) is 0. The van der Waals surface area contributed by atoms with Gasteiger partial charge in [0, 0.05) is 24.9 Å². The second kappa shape index (κ2) is 6.69. The zero-order valence-electron chi connectivity index (χ0n) is 13.9. The van der Waals surface area contributed by atoms with Gasteiger partial charge >= 0.3 is 0 Å². The van der Waals surface area contributed by atoms with E-state index in [-0.39, 0.29) is 5.92 Å². The number of Topliss-reactive ketones (excluding diaryl/α,β-unsaturated/α-hetero) is 1. The van der Waals surface area contributed by atoms with Crippen LogP contribution in [0.15, 0.2) is 0 Å². The number of piperidine rings is 2. The zero-order chi connectivity index (χ0) is 15.6. The van der Waals surface area contributed by atoms with Crippen LogP contribution in [0.25, 0.3) is 0 Å². The summed E-state index contributed by atoms with van der Waals surface area (Å²) in [4.78, 5) is 26.3. The normalized spacial score (nSPS) is 27.0. The molecule has 22 heavy (non-hydrogen) atoms. The van der Waals surface area contributed by atoms with Gasteiger partial charge in [-0.1, -0.05) is 0 Å². The molecule has 3 aliphatic rings. The van der Waals surface area contributed by atoms with E-state index in [1.165, 1.54) is 12.8 Å². The van der Waals surface area contributed by atoms with Gasteiger partial charge in [-0.25, -0.2) is 0 Å². The molecule has 2 heterocycles. The molecule has 2 saturated heterocycles. The van der Waals surface area contributed by atoms with Crippen LogP contribution in [-0.2, 0) is 9.59 Å². The molecule has 0 aromatic carbocycles. The molecule has 4 nitrogen and oxygen atoms in total. The van der Waals surface area contributed by atoms with Crippen molar-refractivity contribution >= 4 is 11.7 Å². The van der Waals surface area contributed by atoms with Crippen LogP contribution >= 0.6 is 0 Å². The van der Waals surface area contributed by atoms with Crippen molar-refractivity contribution in [2.75, 3.05) is 26.2 Å². The molecule has 1 aliphatic carbocycles. The first-order valence-corrected chi connectivity index (χ1v) is 9.10. The molecule has 3 rings (SSSR count). The van der Waals surface area contributed by atoms with E-state index in [4.69, 9.17) is 0 Å². The molecule has 124 valence electrons. The lowest BCUT2D eigenvalue weighted by atomic mass is 9.65. The van der Waals surface area contributed by atoms with Gasteiger partial charge in [-0.3, -0.25) is 9.59 Å². The fourth-order valence-electron chi connectivity index (χ4n) is 4.67. The minimum Gasteiger partial charge on any atom is -0.342 e. The maximum absolute atomic E-state index is 12.6. The number of ketones is 1. The van der Waals surface area contributed by atoms with E-state index in [9.17, 15) is 9.59 Å². The molecule has 1 saturated carbocycles. The van der Waals surface area contributed by atoms with Crippen LogP contribution in [0.3, 0.4) is 0 Å². The summed E-state index contributed by atoms with van der Waals surface area (Å²) in [6.45, 7) is 5.59. The molecule has 0 bridgehead atoms. The van der Waals surface area contributed by atoms with Crippen LogP contribution in [0, 0.1) is 17.3 Å². The molecular formula is C18H30N2O2. The van der Waals surface area contributed by atoms with Gasteiger partial charge in [0.05, 0.1) is 0 Å². The first-order valence-electron chi connectivity index (χ1n) is 9.10. The Morgan fingerprint density at radius 3 is 2.05 bits per heavy atom. The van der Waals surface area contributed by atoms with E-state index < -0.39 is 0 Å². The number of hydrogen-bond donors (Lipinski definition) is 1. The van der Waals surface area contributed by atoms with Gasteiger partial charge in [0.15, 0.2) is 0 Å². The zero-order valence-corrected chi connectivity index (χ0v) is 13.9. The topological polar surface area (TPSA) is 49.4 Å². The summed E-state index contributed by atoms with van der Waals surface area (Å²) >= 11 is 0. The van der Waals surface area contributed by atoms with Crippen LogP contribution in [-0.4, -0.2) is 42.8 Å². The number of amides is 1. The van der Waals surface area contributed by atoms with Crippen molar-refractivity contribution in [1.82, 2.24) is 10.2 Å². The number of likely N-dealkylation sites (tertiary alicyclic amines) is 1. The van der Waals surface area contributed by atoms with Crippen molar-refractivity contribution < 1.29 is 9.59 Å². The van der Waals surface area contributed by atoms with E-state index in [1.807, 2.05) is 0 Å². The molecule has 0 atom stereocenters. The summed E-state index contributed by atoms with van der Waals surface area (Å²) in [6, 6.07) is 0. The maximum atomic E-state index is 12.6. The monoisotopic (exact) mass is 306 g/mol. The average molecular weight is 306 g/mol. The van der Waals surface area contributed by atoms with Crippen LogP contribution in [0.1, 0.15) is 58.3 Å². The van der Waals surface area contributed by atoms with E-state index in [0.29, 0.717) is 23.0 Å². The van der Waals surface area contributed by atoms with Gasteiger partial charge in [0.2, 0.25) is 5.91 Å². The third kappa shape index (κ3) is 3.37. The standard InChI is InChI=1S/C18H30N2O2/c1-14(21)15-2-6-18(7-3-15)8-12-20(13-9-18)17(22)16-4-10-19-11-5-16/h15-16,19H,2-13H2,1H3. The molecule has 0 radical (unpaired) electrons.